The summed E-state index contributed by atoms with van der Waals surface area (Å²) in [5.41, 5.74) is 3.24. The average molecular weight is 536 g/mol. The monoisotopic (exact) mass is 535 g/mol. The van der Waals surface area contributed by atoms with Gasteiger partial charge in [-0.05, 0) is 43.4 Å². The number of carbonyl (C=O) groups excluding carboxylic acids is 1. The molecule has 5 rings (SSSR count). The first-order valence-corrected chi connectivity index (χ1v) is 12.8. The second-order valence-corrected chi connectivity index (χ2v) is 9.68. The van der Waals surface area contributed by atoms with Crippen LogP contribution in [0.1, 0.15) is 17.5 Å². The maximum absolute atomic E-state index is 14.7. The highest BCUT2D eigenvalue weighted by atomic mass is 19.3. The molecule has 3 aromatic rings. The van der Waals surface area contributed by atoms with Gasteiger partial charge in [-0.25, -0.2) is 13.2 Å². The number of anilines is 1. The lowest BCUT2D eigenvalue weighted by molar-refractivity contribution is -0.107. The molecule has 0 bridgehead atoms. The molecule has 2 heterocycles. The van der Waals surface area contributed by atoms with Gasteiger partial charge in [0.25, 0.3) is 6.43 Å². The zero-order chi connectivity index (χ0) is 27.8. The fourth-order valence-electron chi connectivity index (χ4n) is 4.28. The molecule has 0 aromatic heterocycles. The highest BCUT2D eigenvalue weighted by molar-refractivity contribution is 6.15. The summed E-state index contributed by atoms with van der Waals surface area (Å²) in [5, 5.41) is 7.19. The van der Waals surface area contributed by atoms with E-state index < -0.39 is 12.2 Å². The van der Waals surface area contributed by atoms with E-state index in [0.717, 1.165) is 11.1 Å². The highest BCUT2D eigenvalue weighted by Crippen LogP contribution is 2.26. The molecule has 0 aliphatic carbocycles. The van der Waals surface area contributed by atoms with Crippen LogP contribution in [0.25, 0.3) is 11.1 Å². The Bertz CT molecular complexity index is 1310. The van der Waals surface area contributed by atoms with Crippen LogP contribution in [-0.4, -0.2) is 74.3 Å². The maximum Gasteiger partial charge on any atom is 0.278 e. The van der Waals surface area contributed by atoms with Crippen molar-refractivity contribution in [3.05, 3.63) is 89.7 Å². The van der Waals surface area contributed by atoms with Gasteiger partial charge in [0.05, 0.1) is 12.3 Å². The topological polar surface area (TPSA) is 51.5 Å². The standard InChI is InChI=1S/C24H18F3N3O.C6H14N2/c25-21-12-18(22-13-23(24(26)27)29-28-22)9-10-19(21)14-30(15-31)20-8-4-7-17(11-20)16-5-2-1-3-6-16;1-7-3-5-8(2)6-4-7/h1-12,15,24H,13-14H2;3-6H2,1-2H3. The summed E-state index contributed by atoms with van der Waals surface area (Å²) in [4.78, 5) is 17.9. The van der Waals surface area contributed by atoms with E-state index in [-0.39, 0.29) is 18.7 Å². The number of nitrogens with zero attached hydrogens (tertiary/aromatic N) is 5. The van der Waals surface area contributed by atoms with Gasteiger partial charge in [0.1, 0.15) is 11.5 Å². The van der Waals surface area contributed by atoms with Crippen molar-refractivity contribution in [2.24, 2.45) is 10.2 Å². The van der Waals surface area contributed by atoms with Crippen LogP contribution in [0.2, 0.25) is 0 Å². The molecule has 2 aliphatic heterocycles. The number of hydrogen-bond donors (Lipinski definition) is 0. The Morgan fingerprint density at radius 2 is 1.51 bits per heavy atom. The van der Waals surface area contributed by atoms with E-state index in [1.165, 1.54) is 43.2 Å². The van der Waals surface area contributed by atoms with Crippen molar-refractivity contribution in [1.82, 2.24) is 9.80 Å². The summed E-state index contributed by atoms with van der Waals surface area (Å²) in [7, 11) is 4.35. The highest BCUT2D eigenvalue weighted by Gasteiger charge is 2.22. The number of piperazine rings is 1. The number of likely N-dealkylation sites (N-methyl/N-ethyl adjacent to an activating group) is 2. The van der Waals surface area contributed by atoms with Gasteiger partial charge in [-0.3, -0.25) is 4.79 Å². The first-order valence-electron chi connectivity index (χ1n) is 12.8. The number of carbonyl (C=O) groups is 1. The van der Waals surface area contributed by atoms with Gasteiger partial charge in [-0.2, -0.15) is 10.2 Å². The number of hydrogen-bond acceptors (Lipinski definition) is 5. The number of rotatable bonds is 7. The molecule has 6 nitrogen and oxygen atoms in total. The van der Waals surface area contributed by atoms with Gasteiger partial charge < -0.3 is 14.7 Å². The summed E-state index contributed by atoms with van der Waals surface area (Å²) in [6, 6.07) is 21.5. The van der Waals surface area contributed by atoms with Gasteiger partial charge in [0.2, 0.25) is 6.41 Å². The Morgan fingerprint density at radius 1 is 0.846 bits per heavy atom. The fourth-order valence-corrected chi connectivity index (χ4v) is 4.28. The van der Waals surface area contributed by atoms with E-state index in [1.54, 1.807) is 12.1 Å². The molecular weight excluding hydrogens is 503 g/mol. The molecule has 9 heteroatoms. The molecule has 1 saturated heterocycles. The normalized spacial score (nSPS) is 15.8. The van der Waals surface area contributed by atoms with Crippen molar-refractivity contribution >= 4 is 23.5 Å². The predicted octanol–water partition coefficient (Wildman–Crippen LogP) is 5.33. The first-order chi connectivity index (χ1) is 18.8. The molecule has 1 amide bonds. The van der Waals surface area contributed by atoms with E-state index in [2.05, 4.69) is 34.1 Å². The van der Waals surface area contributed by atoms with E-state index in [9.17, 15) is 18.0 Å². The van der Waals surface area contributed by atoms with Crippen molar-refractivity contribution in [2.75, 3.05) is 45.2 Å². The van der Waals surface area contributed by atoms with Crippen LogP contribution in [0.3, 0.4) is 0 Å². The molecule has 0 atom stereocenters. The molecule has 0 N–H and O–H groups in total. The summed E-state index contributed by atoms with van der Waals surface area (Å²) in [6.07, 6.45) is -2.14. The number of alkyl halides is 2. The van der Waals surface area contributed by atoms with Crippen molar-refractivity contribution in [1.29, 1.82) is 0 Å². The van der Waals surface area contributed by atoms with E-state index in [0.29, 0.717) is 28.9 Å². The summed E-state index contributed by atoms with van der Waals surface area (Å²) >= 11 is 0. The van der Waals surface area contributed by atoms with Gasteiger partial charge in [0.15, 0.2) is 0 Å². The molecule has 1 fully saturated rings. The predicted molar refractivity (Wildman–Crippen MR) is 150 cm³/mol. The van der Waals surface area contributed by atoms with Crippen LogP contribution >= 0.6 is 0 Å². The zero-order valence-electron chi connectivity index (χ0n) is 22.1. The second-order valence-electron chi connectivity index (χ2n) is 9.68. The van der Waals surface area contributed by atoms with Crippen LogP contribution in [0.15, 0.2) is 83.0 Å². The molecule has 0 radical (unpaired) electrons. The maximum atomic E-state index is 14.7. The minimum absolute atomic E-state index is 0.0269. The quantitative estimate of drug-likeness (QED) is 0.384. The Morgan fingerprint density at radius 3 is 2.10 bits per heavy atom. The molecule has 0 saturated carbocycles. The lowest BCUT2D eigenvalue weighted by atomic mass is 10.0. The third-order valence-corrected chi connectivity index (χ3v) is 6.77. The SMILES string of the molecule is CN1CCN(C)CC1.O=CN(Cc1ccc(C2=NN=C(C(F)F)C2)cc1F)c1cccc(-c2ccccc2)c1. The van der Waals surface area contributed by atoms with Crippen LogP contribution in [0.5, 0.6) is 0 Å². The van der Waals surface area contributed by atoms with Crippen molar-refractivity contribution in [3.8, 4) is 11.1 Å². The number of benzene rings is 3. The van der Waals surface area contributed by atoms with Crippen LogP contribution in [0.4, 0.5) is 18.9 Å². The number of halogens is 3. The lowest BCUT2D eigenvalue weighted by Gasteiger charge is -2.28. The Balaban J connectivity index is 0.000000379. The minimum Gasteiger partial charge on any atom is -0.310 e. The minimum atomic E-state index is -2.68. The summed E-state index contributed by atoms with van der Waals surface area (Å²) < 4.78 is 40.2. The molecule has 3 aromatic carbocycles. The third-order valence-electron chi connectivity index (χ3n) is 6.77. The van der Waals surface area contributed by atoms with Gasteiger partial charge in [-0.1, -0.05) is 54.6 Å². The molecule has 0 spiro atoms. The zero-order valence-corrected chi connectivity index (χ0v) is 22.1. The summed E-state index contributed by atoms with van der Waals surface area (Å²) in [6.45, 7) is 4.96. The molecular formula is C30H32F3N5O. The second kappa shape index (κ2) is 13.3. The number of amides is 1. The Labute approximate surface area is 227 Å². The van der Waals surface area contributed by atoms with E-state index in [1.807, 2.05) is 48.5 Å². The first kappa shape index (κ1) is 28.2. The van der Waals surface area contributed by atoms with Crippen LogP contribution in [-0.2, 0) is 11.3 Å². The van der Waals surface area contributed by atoms with Crippen molar-refractivity contribution in [3.63, 3.8) is 0 Å². The van der Waals surface area contributed by atoms with Crippen molar-refractivity contribution < 1.29 is 18.0 Å². The summed E-state index contributed by atoms with van der Waals surface area (Å²) in [5.74, 6) is -0.545. The fraction of sp³-hybridized carbons (Fsp3) is 0.300. The van der Waals surface area contributed by atoms with Gasteiger partial charge >= 0.3 is 0 Å². The average Bonchev–Trinajstić information content (AvgIpc) is 3.46. The van der Waals surface area contributed by atoms with Crippen LogP contribution in [0, 0.1) is 5.82 Å². The Hall–Kier alpha value is -3.82. The van der Waals surface area contributed by atoms with E-state index >= 15 is 0 Å². The molecule has 2 aliphatic rings. The van der Waals surface area contributed by atoms with Crippen LogP contribution < -0.4 is 4.90 Å². The lowest BCUT2D eigenvalue weighted by Crippen LogP contribution is -2.42. The molecule has 39 heavy (non-hydrogen) atoms. The van der Waals surface area contributed by atoms with E-state index in [4.69, 9.17) is 0 Å². The Kier molecular flexibility index (Phi) is 9.62. The van der Waals surface area contributed by atoms with Crippen molar-refractivity contribution in [2.45, 2.75) is 19.4 Å². The van der Waals surface area contributed by atoms with Gasteiger partial charge in [-0.15, -0.1) is 0 Å². The molecule has 204 valence electrons. The van der Waals surface area contributed by atoms with Gasteiger partial charge in [0, 0.05) is 49.4 Å². The third kappa shape index (κ3) is 7.61. The molecule has 0 unspecified atom stereocenters. The largest absolute Gasteiger partial charge is 0.310 e. The smallest absolute Gasteiger partial charge is 0.278 e.